The maximum atomic E-state index is 12.0. The molecule has 0 bridgehead atoms. The molecule has 0 unspecified atom stereocenters. The highest BCUT2D eigenvalue weighted by Crippen LogP contribution is 2.37. The fourth-order valence-corrected chi connectivity index (χ4v) is 3.61. The summed E-state index contributed by atoms with van der Waals surface area (Å²) in [6, 6.07) is 3.65. The fraction of sp³-hybridized carbons (Fsp3) is 0.438. The molecule has 130 valence electrons. The minimum atomic E-state index is -0.923. The first-order valence-corrected chi connectivity index (χ1v) is 9.15. The molecule has 0 fully saturated rings. The van der Waals surface area contributed by atoms with Crippen LogP contribution in [0.25, 0.3) is 10.2 Å². The van der Waals surface area contributed by atoms with Crippen molar-refractivity contribution in [2.75, 3.05) is 18.2 Å². The van der Waals surface area contributed by atoms with Crippen molar-refractivity contribution in [1.29, 1.82) is 0 Å². The predicted molar refractivity (Wildman–Crippen MR) is 98.6 cm³/mol. The van der Waals surface area contributed by atoms with Gasteiger partial charge in [-0.05, 0) is 6.07 Å². The summed E-state index contributed by atoms with van der Waals surface area (Å²) in [5.41, 5.74) is 1.34. The zero-order valence-electron chi connectivity index (χ0n) is 14.0. The van der Waals surface area contributed by atoms with Crippen molar-refractivity contribution in [1.82, 2.24) is 4.98 Å². The molecule has 2 rings (SSSR count). The number of carboxylic acid groups (broad SMARTS) is 1. The van der Waals surface area contributed by atoms with Crippen molar-refractivity contribution in [2.24, 2.45) is 0 Å². The highest BCUT2D eigenvalue weighted by molar-refractivity contribution is 8.13. The number of benzene rings is 1. The van der Waals surface area contributed by atoms with E-state index in [0.29, 0.717) is 11.4 Å². The van der Waals surface area contributed by atoms with Gasteiger partial charge in [0.25, 0.3) is 5.24 Å². The number of carbonyl (C=O) groups excluding carboxylic acids is 1. The molecule has 6 nitrogen and oxygen atoms in total. The van der Waals surface area contributed by atoms with Crippen molar-refractivity contribution in [3.05, 3.63) is 17.1 Å². The first kappa shape index (κ1) is 18.5. The number of nitrogens with zero attached hydrogens (tertiary/aromatic N) is 1. The molecule has 8 heteroatoms. The number of thiazole rings is 1. The molecule has 1 amide bonds. The van der Waals surface area contributed by atoms with Crippen LogP contribution in [0.4, 0.5) is 10.5 Å². The maximum absolute atomic E-state index is 12.0. The summed E-state index contributed by atoms with van der Waals surface area (Å²) in [6.45, 7) is 6.30. The van der Waals surface area contributed by atoms with Gasteiger partial charge in [0.1, 0.15) is 5.75 Å². The second-order valence-electron chi connectivity index (χ2n) is 6.19. The Bertz CT molecular complexity index is 765. The smallest absolute Gasteiger partial charge is 0.304 e. The summed E-state index contributed by atoms with van der Waals surface area (Å²) in [5.74, 6) is -0.172. The number of amides is 1. The van der Waals surface area contributed by atoms with Crippen LogP contribution in [0.3, 0.4) is 0 Å². The molecule has 1 aromatic heterocycles. The fourth-order valence-electron chi connectivity index (χ4n) is 1.92. The van der Waals surface area contributed by atoms with E-state index in [1.165, 1.54) is 7.11 Å². The van der Waals surface area contributed by atoms with E-state index in [1.54, 1.807) is 17.4 Å². The number of nitrogens with one attached hydrogen (secondary N) is 1. The van der Waals surface area contributed by atoms with Crippen molar-refractivity contribution in [2.45, 2.75) is 32.6 Å². The van der Waals surface area contributed by atoms with Gasteiger partial charge in [-0.2, -0.15) is 0 Å². The number of fused-ring (bicyclic) bond motifs is 1. The molecule has 0 spiro atoms. The third kappa shape index (κ3) is 4.61. The van der Waals surface area contributed by atoms with E-state index >= 15 is 0 Å². The molecule has 0 aliphatic rings. The SMILES string of the molecule is COc1cc2nc(C(C)(C)C)sc2cc1NC(=O)SCCC(=O)O. The van der Waals surface area contributed by atoms with Gasteiger partial charge in [0.05, 0.1) is 34.4 Å². The van der Waals surface area contributed by atoms with E-state index in [1.807, 2.05) is 6.07 Å². The Labute approximate surface area is 148 Å². The highest BCUT2D eigenvalue weighted by Gasteiger charge is 2.20. The molecule has 1 aromatic carbocycles. The Hall–Kier alpha value is -1.80. The van der Waals surface area contributed by atoms with E-state index in [-0.39, 0.29) is 22.8 Å². The first-order valence-electron chi connectivity index (χ1n) is 7.35. The summed E-state index contributed by atoms with van der Waals surface area (Å²) in [5, 5.41) is 12.1. The number of hydrogen-bond donors (Lipinski definition) is 2. The quantitative estimate of drug-likeness (QED) is 0.816. The van der Waals surface area contributed by atoms with Gasteiger partial charge < -0.3 is 15.2 Å². The number of aliphatic carboxylic acids is 1. The van der Waals surface area contributed by atoms with Gasteiger partial charge in [0.15, 0.2) is 0 Å². The predicted octanol–water partition coefficient (Wildman–Crippen LogP) is 4.34. The molecular formula is C16H20N2O4S2. The Balaban J connectivity index is 2.22. The summed E-state index contributed by atoms with van der Waals surface area (Å²) in [6.07, 6.45) is -0.0575. The van der Waals surface area contributed by atoms with Gasteiger partial charge in [0, 0.05) is 17.2 Å². The van der Waals surface area contributed by atoms with Crippen LogP contribution in [-0.4, -0.2) is 34.2 Å². The molecule has 0 saturated heterocycles. The minimum absolute atomic E-state index is 0.0486. The lowest BCUT2D eigenvalue weighted by molar-refractivity contribution is -0.136. The molecule has 24 heavy (non-hydrogen) atoms. The molecule has 0 saturated carbocycles. The Morgan fingerprint density at radius 2 is 2.08 bits per heavy atom. The standard InChI is InChI=1S/C16H20N2O4S2/c1-16(2,3)14-17-10-7-11(22-4)9(8-12(10)24-14)18-15(21)23-6-5-13(19)20/h7-8H,5-6H2,1-4H3,(H,18,21)(H,19,20). The lowest BCUT2D eigenvalue weighted by Gasteiger charge is -2.13. The number of methoxy groups -OCH3 is 1. The number of rotatable bonds is 5. The summed E-state index contributed by atoms with van der Waals surface area (Å²) in [7, 11) is 1.53. The largest absolute Gasteiger partial charge is 0.494 e. The number of ether oxygens (including phenoxy) is 1. The van der Waals surface area contributed by atoms with Gasteiger partial charge in [-0.15, -0.1) is 11.3 Å². The third-order valence-electron chi connectivity index (χ3n) is 3.14. The van der Waals surface area contributed by atoms with Crippen LogP contribution < -0.4 is 10.1 Å². The number of aromatic nitrogens is 1. The number of thioether (sulfide) groups is 1. The van der Waals surface area contributed by atoms with E-state index in [0.717, 1.165) is 27.0 Å². The molecule has 2 N–H and O–H groups in total. The molecule has 0 radical (unpaired) electrons. The molecule has 0 atom stereocenters. The van der Waals surface area contributed by atoms with E-state index in [4.69, 9.17) is 9.84 Å². The lowest BCUT2D eigenvalue weighted by Crippen LogP contribution is -2.09. The highest BCUT2D eigenvalue weighted by atomic mass is 32.2. The Morgan fingerprint density at radius 1 is 1.38 bits per heavy atom. The van der Waals surface area contributed by atoms with Crippen molar-refractivity contribution in [3.8, 4) is 5.75 Å². The minimum Gasteiger partial charge on any atom is -0.494 e. The van der Waals surface area contributed by atoms with Gasteiger partial charge in [-0.25, -0.2) is 4.98 Å². The average Bonchev–Trinajstić information content (AvgIpc) is 2.88. The van der Waals surface area contributed by atoms with Crippen LogP contribution in [0.15, 0.2) is 12.1 Å². The first-order chi connectivity index (χ1) is 11.2. The van der Waals surface area contributed by atoms with E-state index < -0.39 is 5.97 Å². The monoisotopic (exact) mass is 368 g/mol. The molecule has 2 aromatic rings. The second kappa shape index (κ2) is 7.40. The maximum Gasteiger partial charge on any atom is 0.304 e. The van der Waals surface area contributed by atoms with Gasteiger partial charge in [-0.3, -0.25) is 9.59 Å². The number of anilines is 1. The summed E-state index contributed by atoms with van der Waals surface area (Å²) < 4.78 is 6.30. The van der Waals surface area contributed by atoms with Crippen molar-refractivity contribution < 1.29 is 19.4 Å². The number of hydrogen-bond acceptors (Lipinski definition) is 6. The van der Waals surface area contributed by atoms with E-state index in [2.05, 4.69) is 31.1 Å². The zero-order valence-corrected chi connectivity index (χ0v) is 15.6. The summed E-state index contributed by atoms with van der Waals surface area (Å²) in [4.78, 5) is 27.1. The number of carboxylic acids is 1. The third-order valence-corrected chi connectivity index (χ3v) is 5.35. The molecule has 1 heterocycles. The van der Waals surface area contributed by atoms with E-state index in [9.17, 15) is 9.59 Å². The molecule has 0 aliphatic heterocycles. The van der Waals surface area contributed by atoms with Crippen LogP contribution in [0, 0.1) is 0 Å². The zero-order chi connectivity index (χ0) is 17.9. The normalized spacial score (nSPS) is 11.5. The summed E-state index contributed by atoms with van der Waals surface area (Å²) >= 11 is 2.52. The van der Waals surface area contributed by atoms with Crippen LogP contribution in [0.1, 0.15) is 32.2 Å². The van der Waals surface area contributed by atoms with Crippen LogP contribution in [0.2, 0.25) is 0 Å². The molecular weight excluding hydrogens is 348 g/mol. The Morgan fingerprint density at radius 3 is 2.67 bits per heavy atom. The Kier molecular flexibility index (Phi) is 5.71. The lowest BCUT2D eigenvalue weighted by atomic mass is 9.98. The topological polar surface area (TPSA) is 88.5 Å². The van der Waals surface area contributed by atoms with Crippen LogP contribution in [0.5, 0.6) is 5.75 Å². The van der Waals surface area contributed by atoms with Crippen molar-refractivity contribution >= 4 is 50.2 Å². The molecule has 0 aliphatic carbocycles. The second-order valence-corrected chi connectivity index (χ2v) is 8.29. The number of carbonyl (C=O) groups is 2. The van der Waals surface area contributed by atoms with Crippen LogP contribution in [-0.2, 0) is 10.2 Å². The average molecular weight is 368 g/mol. The van der Waals surface area contributed by atoms with Gasteiger partial charge in [-0.1, -0.05) is 32.5 Å². The van der Waals surface area contributed by atoms with Crippen molar-refractivity contribution in [3.63, 3.8) is 0 Å². The van der Waals surface area contributed by atoms with Gasteiger partial charge >= 0.3 is 5.97 Å². The van der Waals surface area contributed by atoms with Gasteiger partial charge in [0.2, 0.25) is 0 Å². The van der Waals surface area contributed by atoms with Crippen LogP contribution >= 0.6 is 23.1 Å².